The Hall–Kier alpha value is -3.15. The van der Waals surface area contributed by atoms with Gasteiger partial charge in [-0.05, 0) is 25.0 Å². The molecule has 1 aromatic carbocycles. The van der Waals surface area contributed by atoms with Crippen LogP contribution in [0.1, 0.15) is 46.1 Å². The Morgan fingerprint density at radius 3 is 2.33 bits per heavy atom. The van der Waals surface area contributed by atoms with Crippen LogP contribution in [0.25, 0.3) is 0 Å². The maximum atomic E-state index is 13.2. The molecule has 0 aliphatic rings. The van der Waals surface area contributed by atoms with E-state index in [0.29, 0.717) is 17.7 Å². The van der Waals surface area contributed by atoms with E-state index in [1.165, 1.54) is 0 Å². The highest BCUT2D eigenvalue weighted by atomic mass is 19.2. The summed E-state index contributed by atoms with van der Waals surface area (Å²) in [5, 5.41) is 0. The molecule has 0 spiro atoms. The van der Waals surface area contributed by atoms with Gasteiger partial charge in [0, 0.05) is 17.9 Å². The number of amidine groups is 1. The number of aliphatic imine (C=N–C) groups is 2. The molecule has 0 fully saturated rings. The van der Waals surface area contributed by atoms with Crippen LogP contribution in [0, 0.1) is 0 Å². The standard InChI is InChI=1S/C22H24F3N3.C2H6/c1-3-5-11-20(21(4-2)27-16-17-9-7-6-8-10-17)22(26)28-19(12-13-23)14-18(25)15-24;1-2/h4,6-16H,3,5H2,1-2H3,(H2,26,28);1-2H3/b13-12+,18-15-,19-14+,20-11+,21-4+,27-16?;. The second-order valence-electron chi connectivity index (χ2n) is 5.60. The third-order valence-corrected chi connectivity index (χ3v) is 3.49. The van der Waals surface area contributed by atoms with Gasteiger partial charge < -0.3 is 5.73 Å². The van der Waals surface area contributed by atoms with Gasteiger partial charge in [-0.1, -0.05) is 69.7 Å². The molecule has 0 atom stereocenters. The van der Waals surface area contributed by atoms with Crippen molar-refractivity contribution in [3.05, 3.63) is 95.7 Å². The molecule has 6 heteroatoms. The first kappa shape index (κ1) is 26.9. The number of halogens is 3. The van der Waals surface area contributed by atoms with E-state index in [0.717, 1.165) is 24.1 Å². The molecule has 0 saturated heterocycles. The zero-order valence-electron chi connectivity index (χ0n) is 17.9. The summed E-state index contributed by atoms with van der Waals surface area (Å²) in [5.41, 5.74) is 7.91. The summed E-state index contributed by atoms with van der Waals surface area (Å²) in [4.78, 5) is 8.50. The van der Waals surface area contributed by atoms with E-state index in [9.17, 15) is 13.2 Å². The lowest BCUT2D eigenvalue weighted by molar-refractivity contribution is 0.605. The highest BCUT2D eigenvalue weighted by Gasteiger charge is 2.09. The lowest BCUT2D eigenvalue weighted by atomic mass is 10.1. The molecule has 0 heterocycles. The fourth-order valence-electron chi connectivity index (χ4n) is 2.17. The largest absolute Gasteiger partial charge is 0.383 e. The second kappa shape index (κ2) is 16.8. The Morgan fingerprint density at radius 2 is 1.80 bits per heavy atom. The molecule has 0 aromatic heterocycles. The van der Waals surface area contributed by atoms with Crippen molar-refractivity contribution in [2.45, 2.75) is 40.5 Å². The van der Waals surface area contributed by atoms with Crippen molar-refractivity contribution in [3.63, 3.8) is 0 Å². The average Bonchev–Trinajstić information content (AvgIpc) is 2.78. The first-order chi connectivity index (χ1) is 14.5. The van der Waals surface area contributed by atoms with Gasteiger partial charge in [-0.25, -0.2) is 18.2 Å². The van der Waals surface area contributed by atoms with Gasteiger partial charge in [0.15, 0.2) is 5.83 Å². The fourth-order valence-corrected chi connectivity index (χ4v) is 2.17. The molecule has 0 aliphatic carbocycles. The van der Waals surface area contributed by atoms with E-state index in [4.69, 9.17) is 5.73 Å². The Bertz CT molecular complexity index is 831. The van der Waals surface area contributed by atoms with Gasteiger partial charge in [-0.15, -0.1) is 0 Å². The highest BCUT2D eigenvalue weighted by molar-refractivity contribution is 6.02. The minimum Gasteiger partial charge on any atom is -0.383 e. The molecule has 0 radical (unpaired) electrons. The molecule has 0 aliphatic heterocycles. The van der Waals surface area contributed by atoms with Crippen molar-refractivity contribution in [1.82, 2.24) is 0 Å². The maximum absolute atomic E-state index is 13.2. The van der Waals surface area contributed by atoms with Crippen molar-refractivity contribution in [2.24, 2.45) is 15.7 Å². The number of hydrogen-bond donors (Lipinski definition) is 1. The predicted molar refractivity (Wildman–Crippen MR) is 122 cm³/mol. The summed E-state index contributed by atoms with van der Waals surface area (Å²) < 4.78 is 38.0. The van der Waals surface area contributed by atoms with Gasteiger partial charge in [0.1, 0.15) is 12.2 Å². The Kier molecular flexibility index (Phi) is 15.0. The van der Waals surface area contributed by atoms with Crippen molar-refractivity contribution < 1.29 is 13.2 Å². The number of unbranched alkanes of at least 4 members (excludes halogenated alkanes) is 1. The van der Waals surface area contributed by atoms with Crippen LogP contribution >= 0.6 is 0 Å². The molecule has 0 saturated carbocycles. The van der Waals surface area contributed by atoms with E-state index in [1.807, 2.05) is 57.2 Å². The molecule has 1 aromatic rings. The molecular formula is C24H30F3N3. The van der Waals surface area contributed by atoms with Crippen molar-refractivity contribution >= 4 is 12.1 Å². The quantitative estimate of drug-likeness (QED) is 0.256. The van der Waals surface area contributed by atoms with E-state index in [1.54, 1.807) is 19.2 Å². The summed E-state index contributed by atoms with van der Waals surface area (Å²) in [6, 6.07) is 9.51. The minimum absolute atomic E-state index is 0.0165. The lowest BCUT2D eigenvalue weighted by Crippen LogP contribution is -2.16. The van der Waals surface area contributed by atoms with Gasteiger partial charge >= 0.3 is 0 Å². The molecule has 162 valence electrons. The fraction of sp³-hybridized carbons (Fsp3) is 0.250. The number of allylic oxidation sites excluding steroid dienone is 5. The van der Waals surface area contributed by atoms with Gasteiger partial charge in [0.05, 0.1) is 17.7 Å². The molecule has 1 rings (SSSR count). The molecule has 30 heavy (non-hydrogen) atoms. The van der Waals surface area contributed by atoms with Gasteiger partial charge in [-0.2, -0.15) is 0 Å². The Labute approximate surface area is 177 Å². The topological polar surface area (TPSA) is 50.7 Å². The normalized spacial score (nSPS) is 14.3. The SMILES string of the molecule is CC.C\C=C(N=Cc1ccccc1)/C(=C\CCC)C(/N)=N/C(/C=C/F)=C/C(F)=C/F. The summed E-state index contributed by atoms with van der Waals surface area (Å²) in [5.74, 6) is -1.18. The molecule has 0 unspecified atom stereocenters. The number of nitrogens with two attached hydrogens (primary N) is 1. The van der Waals surface area contributed by atoms with Crippen LogP contribution in [-0.2, 0) is 0 Å². The third kappa shape index (κ3) is 10.4. The van der Waals surface area contributed by atoms with Crippen LogP contribution < -0.4 is 5.73 Å². The van der Waals surface area contributed by atoms with Gasteiger partial charge in [-0.3, -0.25) is 4.99 Å². The summed E-state index contributed by atoms with van der Waals surface area (Å²) in [6.07, 6.45) is 8.43. The van der Waals surface area contributed by atoms with Gasteiger partial charge in [0.2, 0.25) is 0 Å². The van der Waals surface area contributed by atoms with Crippen molar-refractivity contribution in [2.75, 3.05) is 0 Å². The zero-order chi connectivity index (χ0) is 22.8. The second-order valence-corrected chi connectivity index (χ2v) is 5.60. The van der Waals surface area contributed by atoms with Crippen molar-refractivity contribution in [1.29, 1.82) is 0 Å². The van der Waals surface area contributed by atoms with Crippen LogP contribution in [0.15, 0.2) is 100 Å². The van der Waals surface area contributed by atoms with Crippen LogP contribution in [-0.4, -0.2) is 12.1 Å². The molecule has 0 amide bonds. The summed E-state index contributed by atoms with van der Waals surface area (Å²) in [7, 11) is 0. The predicted octanol–water partition coefficient (Wildman–Crippen LogP) is 7.27. The summed E-state index contributed by atoms with van der Waals surface area (Å²) in [6.45, 7) is 7.80. The Morgan fingerprint density at radius 1 is 1.13 bits per heavy atom. The molecule has 3 nitrogen and oxygen atoms in total. The monoisotopic (exact) mass is 417 g/mol. The summed E-state index contributed by atoms with van der Waals surface area (Å²) >= 11 is 0. The number of hydrogen-bond acceptors (Lipinski definition) is 2. The molecular weight excluding hydrogens is 387 g/mol. The molecule has 0 bridgehead atoms. The first-order valence-corrected chi connectivity index (χ1v) is 9.80. The van der Waals surface area contributed by atoms with Crippen LogP contribution in [0.4, 0.5) is 13.2 Å². The maximum Gasteiger partial charge on any atom is 0.153 e. The van der Waals surface area contributed by atoms with Crippen molar-refractivity contribution in [3.8, 4) is 0 Å². The Balaban J connectivity index is 0.00000407. The number of benzene rings is 1. The minimum atomic E-state index is -1.20. The van der Waals surface area contributed by atoms with Crippen LogP contribution in [0.2, 0.25) is 0 Å². The number of nitrogens with zero attached hydrogens (tertiary/aromatic N) is 2. The highest BCUT2D eigenvalue weighted by Crippen LogP contribution is 2.17. The lowest BCUT2D eigenvalue weighted by Gasteiger charge is -2.09. The van der Waals surface area contributed by atoms with Gasteiger partial charge in [0.25, 0.3) is 0 Å². The van der Waals surface area contributed by atoms with E-state index < -0.39 is 5.83 Å². The first-order valence-electron chi connectivity index (χ1n) is 9.80. The zero-order valence-corrected chi connectivity index (χ0v) is 17.9. The van der Waals surface area contributed by atoms with E-state index in [2.05, 4.69) is 9.98 Å². The van der Waals surface area contributed by atoms with Crippen LogP contribution in [0.5, 0.6) is 0 Å². The van der Waals surface area contributed by atoms with Crippen LogP contribution in [0.3, 0.4) is 0 Å². The number of rotatable bonds is 9. The van der Waals surface area contributed by atoms with E-state index >= 15 is 0 Å². The average molecular weight is 418 g/mol. The third-order valence-electron chi connectivity index (χ3n) is 3.49. The van der Waals surface area contributed by atoms with E-state index in [-0.39, 0.29) is 24.2 Å². The smallest absolute Gasteiger partial charge is 0.153 e. The molecule has 2 N–H and O–H groups in total.